The van der Waals surface area contributed by atoms with Crippen LogP contribution in [0.3, 0.4) is 0 Å². The molecular weight excluding hydrogens is 488 g/mol. The molecular formula is C17H12BrCl3F2N2O2. The highest BCUT2D eigenvalue weighted by Crippen LogP contribution is 2.27. The number of hydrogen-bond donors (Lipinski definition) is 2. The molecule has 0 bridgehead atoms. The van der Waals surface area contributed by atoms with Gasteiger partial charge in [0.2, 0.25) is 5.91 Å². The predicted octanol–water partition coefficient (Wildman–Crippen LogP) is 6.16. The second kappa shape index (κ2) is 8.73. The molecule has 0 radical (unpaired) electrons. The Morgan fingerprint density at radius 3 is 2.37 bits per heavy atom. The van der Waals surface area contributed by atoms with Gasteiger partial charge in [-0.3, -0.25) is 9.59 Å². The van der Waals surface area contributed by atoms with E-state index in [2.05, 4.69) is 26.6 Å². The van der Waals surface area contributed by atoms with Crippen molar-refractivity contribution in [1.82, 2.24) is 0 Å². The third-order valence-electron chi connectivity index (χ3n) is 3.21. The van der Waals surface area contributed by atoms with Crippen molar-refractivity contribution in [2.45, 2.75) is 17.7 Å². The van der Waals surface area contributed by atoms with Crippen molar-refractivity contribution in [3.05, 3.63) is 57.0 Å². The van der Waals surface area contributed by atoms with E-state index in [0.29, 0.717) is 5.69 Å². The molecule has 2 amide bonds. The average molecular weight is 501 g/mol. The summed E-state index contributed by atoms with van der Waals surface area (Å²) in [5.41, 5.74) is 0.338. The number of carbonyl (C=O) groups is 2. The monoisotopic (exact) mass is 498 g/mol. The minimum Gasteiger partial charge on any atom is -0.326 e. The Hall–Kier alpha value is -1.41. The SMILES string of the molecule is CC(Cl)(Cl)CC(=O)Nc1ccc(Cl)c(C(=O)Nc2cc(F)c(F)c(Br)c2)c1. The molecule has 2 N–H and O–H groups in total. The summed E-state index contributed by atoms with van der Waals surface area (Å²) in [5.74, 6) is -3.33. The lowest BCUT2D eigenvalue weighted by atomic mass is 10.1. The lowest BCUT2D eigenvalue weighted by molar-refractivity contribution is -0.116. The first-order valence-electron chi connectivity index (χ1n) is 7.39. The molecule has 2 aromatic carbocycles. The molecule has 4 nitrogen and oxygen atoms in total. The minimum atomic E-state index is -1.24. The molecule has 0 heterocycles. The number of benzene rings is 2. The van der Waals surface area contributed by atoms with E-state index in [1.54, 1.807) is 0 Å². The van der Waals surface area contributed by atoms with E-state index >= 15 is 0 Å². The molecule has 2 aromatic rings. The quantitative estimate of drug-likeness (QED) is 0.382. The number of amides is 2. The van der Waals surface area contributed by atoms with E-state index in [9.17, 15) is 18.4 Å². The van der Waals surface area contributed by atoms with Gasteiger partial charge in [-0.2, -0.15) is 0 Å². The first kappa shape index (κ1) is 21.9. The summed E-state index contributed by atoms with van der Waals surface area (Å²) in [5, 5.41) is 5.06. The van der Waals surface area contributed by atoms with Gasteiger partial charge in [-0.25, -0.2) is 8.78 Å². The molecule has 0 aliphatic heterocycles. The fourth-order valence-corrected chi connectivity index (χ4v) is 2.97. The van der Waals surface area contributed by atoms with Crippen LogP contribution in [-0.4, -0.2) is 16.1 Å². The summed E-state index contributed by atoms with van der Waals surface area (Å²) in [7, 11) is 0. The fraction of sp³-hybridized carbons (Fsp3) is 0.176. The van der Waals surface area contributed by atoms with Gasteiger partial charge in [0.15, 0.2) is 11.6 Å². The molecule has 2 rings (SSSR count). The van der Waals surface area contributed by atoms with E-state index in [4.69, 9.17) is 34.8 Å². The molecule has 0 aliphatic carbocycles. The highest BCUT2D eigenvalue weighted by Gasteiger charge is 2.22. The zero-order chi connectivity index (χ0) is 20.4. The van der Waals surface area contributed by atoms with Crippen LogP contribution < -0.4 is 10.6 Å². The number of rotatable bonds is 5. The molecule has 0 fully saturated rings. The van der Waals surface area contributed by atoms with E-state index in [-0.39, 0.29) is 27.2 Å². The van der Waals surface area contributed by atoms with Crippen molar-refractivity contribution in [3.63, 3.8) is 0 Å². The molecule has 0 aliphatic rings. The van der Waals surface area contributed by atoms with E-state index in [0.717, 1.165) is 6.07 Å². The van der Waals surface area contributed by atoms with Gasteiger partial charge < -0.3 is 10.6 Å². The van der Waals surface area contributed by atoms with Crippen LogP contribution in [0.2, 0.25) is 5.02 Å². The molecule has 0 atom stereocenters. The number of alkyl halides is 2. The van der Waals surface area contributed by atoms with Gasteiger partial charge in [-0.05, 0) is 47.1 Å². The zero-order valence-corrected chi connectivity index (χ0v) is 17.5. The second-order valence-corrected chi connectivity index (χ2v) is 8.82. The Bertz CT molecular complexity index is 881. The Labute approximate surface area is 177 Å². The highest BCUT2D eigenvalue weighted by atomic mass is 79.9. The van der Waals surface area contributed by atoms with E-state index < -0.39 is 27.8 Å². The molecule has 0 aromatic heterocycles. The Morgan fingerprint density at radius 1 is 1.11 bits per heavy atom. The second-order valence-electron chi connectivity index (χ2n) is 5.70. The topological polar surface area (TPSA) is 58.2 Å². The van der Waals surface area contributed by atoms with Gasteiger partial charge in [0.05, 0.1) is 21.5 Å². The van der Waals surface area contributed by atoms with Crippen LogP contribution >= 0.6 is 50.7 Å². The van der Waals surface area contributed by atoms with Crippen LogP contribution in [0.5, 0.6) is 0 Å². The van der Waals surface area contributed by atoms with Crippen LogP contribution in [0.4, 0.5) is 20.2 Å². The maximum atomic E-state index is 13.5. The summed E-state index contributed by atoms with van der Waals surface area (Å²) in [6, 6.07) is 6.28. The predicted molar refractivity (Wildman–Crippen MR) is 107 cm³/mol. The van der Waals surface area contributed by atoms with Gasteiger partial charge in [0.1, 0.15) is 4.33 Å². The average Bonchev–Trinajstić information content (AvgIpc) is 2.52. The van der Waals surface area contributed by atoms with E-state index in [1.165, 1.54) is 31.2 Å². The Balaban J connectivity index is 2.20. The molecule has 0 spiro atoms. The minimum absolute atomic E-state index is 0.0230. The van der Waals surface area contributed by atoms with Crippen molar-refractivity contribution in [3.8, 4) is 0 Å². The highest BCUT2D eigenvalue weighted by molar-refractivity contribution is 9.10. The molecule has 27 heavy (non-hydrogen) atoms. The normalized spacial score (nSPS) is 11.2. The maximum absolute atomic E-state index is 13.5. The van der Waals surface area contributed by atoms with Crippen molar-refractivity contribution >= 4 is 73.9 Å². The van der Waals surface area contributed by atoms with Crippen LogP contribution in [0, 0.1) is 11.6 Å². The number of halogens is 6. The van der Waals surface area contributed by atoms with Gasteiger partial charge in [-0.15, -0.1) is 23.2 Å². The summed E-state index contributed by atoms with van der Waals surface area (Å²) in [6.45, 7) is 1.47. The Morgan fingerprint density at radius 2 is 1.78 bits per heavy atom. The number of nitrogens with one attached hydrogen (secondary N) is 2. The first-order valence-corrected chi connectivity index (χ1v) is 9.32. The third kappa shape index (κ3) is 6.31. The molecule has 0 saturated heterocycles. The lowest BCUT2D eigenvalue weighted by Crippen LogP contribution is -2.21. The summed E-state index contributed by atoms with van der Waals surface area (Å²) in [4.78, 5) is 24.3. The Kier molecular flexibility index (Phi) is 7.08. The van der Waals surface area contributed by atoms with E-state index in [1.807, 2.05) is 0 Å². The maximum Gasteiger partial charge on any atom is 0.257 e. The van der Waals surface area contributed by atoms with Gasteiger partial charge in [0, 0.05) is 17.4 Å². The molecule has 10 heteroatoms. The lowest BCUT2D eigenvalue weighted by Gasteiger charge is -2.14. The van der Waals surface area contributed by atoms with Crippen molar-refractivity contribution in [2.75, 3.05) is 10.6 Å². The first-order chi connectivity index (χ1) is 12.5. The van der Waals surface area contributed by atoms with Gasteiger partial charge >= 0.3 is 0 Å². The fourth-order valence-electron chi connectivity index (χ4n) is 2.09. The summed E-state index contributed by atoms with van der Waals surface area (Å²) in [6.07, 6.45) is -0.164. The summed E-state index contributed by atoms with van der Waals surface area (Å²) < 4.78 is 25.4. The molecule has 144 valence electrons. The standard InChI is InChI=1S/C17H12BrCl3F2N2O2/c1-17(20,21)7-14(26)24-8-2-3-12(19)10(4-8)16(27)25-9-5-11(18)15(23)13(22)6-9/h2-6H,7H2,1H3,(H,24,26)(H,25,27). The largest absolute Gasteiger partial charge is 0.326 e. The number of hydrogen-bond acceptors (Lipinski definition) is 2. The van der Waals surface area contributed by atoms with Gasteiger partial charge in [-0.1, -0.05) is 11.6 Å². The van der Waals surface area contributed by atoms with Crippen molar-refractivity contribution in [2.24, 2.45) is 0 Å². The number of anilines is 2. The van der Waals surface area contributed by atoms with Crippen LogP contribution in [0.15, 0.2) is 34.8 Å². The number of carbonyl (C=O) groups excluding carboxylic acids is 2. The van der Waals surface area contributed by atoms with Crippen LogP contribution in [0.1, 0.15) is 23.7 Å². The molecule has 0 unspecified atom stereocenters. The smallest absolute Gasteiger partial charge is 0.257 e. The van der Waals surface area contributed by atoms with Crippen molar-refractivity contribution < 1.29 is 18.4 Å². The zero-order valence-electron chi connectivity index (χ0n) is 13.7. The van der Waals surface area contributed by atoms with Crippen LogP contribution in [-0.2, 0) is 4.79 Å². The third-order valence-corrected chi connectivity index (χ3v) is 4.38. The van der Waals surface area contributed by atoms with Gasteiger partial charge in [0.25, 0.3) is 5.91 Å². The summed E-state index contributed by atoms with van der Waals surface area (Å²) >= 11 is 20.5. The molecule has 0 saturated carbocycles. The van der Waals surface area contributed by atoms with Crippen molar-refractivity contribution in [1.29, 1.82) is 0 Å². The van der Waals surface area contributed by atoms with Crippen LogP contribution in [0.25, 0.3) is 0 Å².